The Morgan fingerprint density at radius 3 is 1.60 bits per heavy atom. The van der Waals surface area contributed by atoms with Crippen molar-refractivity contribution in [2.75, 3.05) is 0 Å². The molecule has 0 unspecified atom stereocenters. The molecule has 0 aliphatic carbocycles. The number of hydrogen-bond acceptors (Lipinski definition) is 1. The molecule has 0 saturated heterocycles. The van der Waals surface area contributed by atoms with Crippen LogP contribution >= 0.6 is 0 Å². The van der Waals surface area contributed by atoms with Crippen molar-refractivity contribution in [3.63, 3.8) is 0 Å². The van der Waals surface area contributed by atoms with Crippen LogP contribution in [0.15, 0.2) is 0 Å². The van der Waals surface area contributed by atoms with Crippen LogP contribution in [0.5, 0.6) is 0 Å². The Balaban J connectivity index is 0. The van der Waals surface area contributed by atoms with Crippen LogP contribution in [-0.2, 0) is 0 Å². The molecule has 3 N–H and O–H groups in total. The lowest BCUT2D eigenvalue weighted by Crippen LogP contribution is -2.20. The minimum atomic E-state index is 0.315. The molecule has 0 fully saturated rings. The lowest BCUT2D eigenvalue weighted by atomic mass is 10.0. The third-order valence-corrected chi connectivity index (χ3v) is 1.43. The van der Waals surface area contributed by atoms with Crippen molar-refractivity contribution in [2.45, 2.75) is 40.5 Å². The van der Waals surface area contributed by atoms with Gasteiger partial charge in [-0.3, -0.25) is 5.41 Å². The Labute approximate surface area is 64.3 Å². The molecule has 0 aromatic carbocycles. The van der Waals surface area contributed by atoms with E-state index in [1.165, 1.54) is 0 Å². The number of hydrogen-bond donors (Lipinski definition) is 2. The molecule has 2 heteroatoms. The number of rotatable bonds is 3. The topological polar surface area (TPSA) is 49.9 Å². The van der Waals surface area contributed by atoms with Gasteiger partial charge in [-0.25, -0.2) is 0 Å². The van der Waals surface area contributed by atoms with Crippen molar-refractivity contribution in [3.05, 3.63) is 0 Å². The average Bonchev–Trinajstić information content (AvgIpc) is 1.94. The van der Waals surface area contributed by atoms with Crippen molar-refractivity contribution < 1.29 is 0 Å². The summed E-state index contributed by atoms with van der Waals surface area (Å²) in [5.41, 5.74) is 5.24. The Morgan fingerprint density at radius 2 is 1.60 bits per heavy atom. The summed E-state index contributed by atoms with van der Waals surface area (Å²) >= 11 is 0. The Morgan fingerprint density at radius 1 is 1.30 bits per heavy atom. The summed E-state index contributed by atoms with van der Waals surface area (Å²) in [6.45, 7) is 8.10. The fraction of sp³-hybridized carbons (Fsp3) is 0.875. The molecule has 0 bridgehead atoms. The SMILES string of the molecule is CC.CCC(CC)C(=N)N. The zero-order valence-electron chi connectivity index (χ0n) is 7.57. The number of nitrogens with one attached hydrogen (secondary N) is 1. The second-order valence-corrected chi connectivity index (χ2v) is 1.97. The molecule has 0 aliphatic rings. The van der Waals surface area contributed by atoms with E-state index in [-0.39, 0.29) is 0 Å². The van der Waals surface area contributed by atoms with Gasteiger partial charge in [0.15, 0.2) is 0 Å². The van der Waals surface area contributed by atoms with Crippen LogP contribution in [-0.4, -0.2) is 5.84 Å². The van der Waals surface area contributed by atoms with E-state index >= 15 is 0 Å². The zero-order chi connectivity index (χ0) is 8.57. The minimum Gasteiger partial charge on any atom is -0.387 e. The summed E-state index contributed by atoms with van der Waals surface area (Å²) in [6.07, 6.45) is 1.98. The van der Waals surface area contributed by atoms with E-state index in [2.05, 4.69) is 13.8 Å². The van der Waals surface area contributed by atoms with Crippen molar-refractivity contribution >= 4 is 5.84 Å². The molecule has 0 heterocycles. The van der Waals surface area contributed by atoms with Crippen LogP contribution in [0.4, 0.5) is 0 Å². The van der Waals surface area contributed by atoms with Gasteiger partial charge in [0, 0.05) is 5.92 Å². The molecular formula is C8H20N2. The van der Waals surface area contributed by atoms with Gasteiger partial charge < -0.3 is 5.73 Å². The Kier molecular flexibility index (Phi) is 10.3. The highest BCUT2D eigenvalue weighted by Gasteiger charge is 2.03. The van der Waals surface area contributed by atoms with Crippen LogP contribution in [0.2, 0.25) is 0 Å². The van der Waals surface area contributed by atoms with Gasteiger partial charge in [0.1, 0.15) is 0 Å². The van der Waals surface area contributed by atoms with Crippen LogP contribution < -0.4 is 5.73 Å². The van der Waals surface area contributed by atoms with Crippen LogP contribution in [0.25, 0.3) is 0 Å². The van der Waals surface area contributed by atoms with Gasteiger partial charge >= 0.3 is 0 Å². The summed E-state index contributed by atoms with van der Waals surface area (Å²) in [6, 6.07) is 0. The van der Waals surface area contributed by atoms with E-state index in [0.717, 1.165) is 12.8 Å². The first-order valence-electron chi connectivity index (χ1n) is 4.06. The van der Waals surface area contributed by atoms with Gasteiger partial charge in [0.25, 0.3) is 0 Å². The maximum atomic E-state index is 7.03. The molecule has 0 radical (unpaired) electrons. The van der Waals surface area contributed by atoms with Crippen molar-refractivity contribution in [2.24, 2.45) is 11.7 Å². The van der Waals surface area contributed by atoms with Crippen LogP contribution in [0.3, 0.4) is 0 Å². The largest absolute Gasteiger partial charge is 0.387 e. The van der Waals surface area contributed by atoms with E-state index in [0.29, 0.717) is 11.8 Å². The van der Waals surface area contributed by atoms with E-state index < -0.39 is 0 Å². The zero-order valence-corrected chi connectivity index (χ0v) is 7.57. The first kappa shape index (κ1) is 12.2. The summed E-state index contributed by atoms with van der Waals surface area (Å²) < 4.78 is 0. The first-order valence-corrected chi connectivity index (χ1v) is 4.06. The standard InChI is InChI=1S/C6H14N2.C2H6/c1-3-5(4-2)6(7)8;1-2/h5H,3-4H2,1-2H3,(H3,7,8);1-2H3. The summed E-state index contributed by atoms with van der Waals surface area (Å²) in [5, 5.41) is 7.03. The third-order valence-electron chi connectivity index (χ3n) is 1.43. The average molecular weight is 144 g/mol. The lowest BCUT2D eigenvalue weighted by Gasteiger charge is -2.07. The van der Waals surface area contributed by atoms with Crippen molar-refractivity contribution in [1.82, 2.24) is 0 Å². The Hall–Kier alpha value is -0.530. The molecule has 0 spiro atoms. The molecule has 0 atom stereocenters. The highest BCUT2D eigenvalue weighted by Crippen LogP contribution is 2.04. The summed E-state index contributed by atoms with van der Waals surface area (Å²) in [5.74, 6) is 0.644. The quantitative estimate of drug-likeness (QED) is 0.463. The second-order valence-electron chi connectivity index (χ2n) is 1.97. The van der Waals surface area contributed by atoms with Crippen LogP contribution in [0.1, 0.15) is 40.5 Å². The van der Waals surface area contributed by atoms with E-state index in [9.17, 15) is 0 Å². The normalized spacial score (nSPS) is 8.50. The van der Waals surface area contributed by atoms with Gasteiger partial charge in [-0.2, -0.15) is 0 Å². The third kappa shape index (κ3) is 5.60. The van der Waals surface area contributed by atoms with Crippen molar-refractivity contribution in [1.29, 1.82) is 5.41 Å². The fourth-order valence-corrected chi connectivity index (χ4v) is 0.729. The van der Waals surface area contributed by atoms with Gasteiger partial charge in [-0.05, 0) is 12.8 Å². The molecule has 10 heavy (non-hydrogen) atoms. The molecular weight excluding hydrogens is 124 g/mol. The van der Waals surface area contributed by atoms with Crippen LogP contribution in [0, 0.1) is 11.3 Å². The highest BCUT2D eigenvalue weighted by molar-refractivity contribution is 5.79. The molecule has 0 rings (SSSR count). The number of nitrogens with two attached hydrogens (primary N) is 1. The van der Waals surface area contributed by atoms with E-state index in [1.807, 2.05) is 13.8 Å². The van der Waals surface area contributed by atoms with Gasteiger partial charge in [-0.15, -0.1) is 0 Å². The smallest absolute Gasteiger partial charge is 0.0936 e. The van der Waals surface area contributed by atoms with Gasteiger partial charge in [0.2, 0.25) is 0 Å². The lowest BCUT2D eigenvalue weighted by molar-refractivity contribution is 0.634. The maximum Gasteiger partial charge on any atom is 0.0936 e. The maximum absolute atomic E-state index is 7.03. The first-order chi connectivity index (χ1) is 4.72. The van der Waals surface area contributed by atoms with E-state index in [4.69, 9.17) is 11.1 Å². The van der Waals surface area contributed by atoms with Gasteiger partial charge in [0.05, 0.1) is 5.84 Å². The summed E-state index contributed by atoms with van der Waals surface area (Å²) in [4.78, 5) is 0. The molecule has 0 aromatic rings. The van der Waals surface area contributed by atoms with Crippen molar-refractivity contribution in [3.8, 4) is 0 Å². The Bertz CT molecular complexity index is 75.3. The fourth-order valence-electron chi connectivity index (χ4n) is 0.729. The predicted molar refractivity (Wildman–Crippen MR) is 47.3 cm³/mol. The highest BCUT2D eigenvalue weighted by atomic mass is 14.7. The molecule has 0 saturated carbocycles. The van der Waals surface area contributed by atoms with Gasteiger partial charge in [-0.1, -0.05) is 27.7 Å². The summed E-state index contributed by atoms with van der Waals surface area (Å²) in [7, 11) is 0. The van der Waals surface area contributed by atoms with E-state index in [1.54, 1.807) is 0 Å². The molecule has 0 amide bonds. The second kappa shape index (κ2) is 8.47. The minimum absolute atomic E-state index is 0.315. The molecule has 0 aliphatic heterocycles. The monoisotopic (exact) mass is 144 g/mol. The predicted octanol–water partition coefficient (Wildman–Crippen LogP) is 2.38. The molecule has 0 aromatic heterocycles. The number of amidine groups is 1. The molecule has 62 valence electrons. The molecule has 2 nitrogen and oxygen atoms in total.